The highest BCUT2D eigenvalue weighted by Gasteiger charge is 2.35. The lowest BCUT2D eigenvalue weighted by Crippen LogP contribution is -2.29. The lowest BCUT2D eigenvalue weighted by Gasteiger charge is -2.29. The maximum absolute atomic E-state index is 9.41. The van der Waals surface area contributed by atoms with Crippen LogP contribution in [0.2, 0.25) is 0 Å². The van der Waals surface area contributed by atoms with Crippen LogP contribution in [0.3, 0.4) is 0 Å². The highest BCUT2D eigenvalue weighted by atomic mass is 32.1. The van der Waals surface area contributed by atoms with Crippen molar-refractivity contribution in [1.29, 1.82) is 5.26 Å². The van der Waals surface area contributed by atoms with E-state index in [-0.39, 0.29) is 5.41 Å². The lowest BCUT2D eigenvalue weighted by atomic mass is 9.74. The molecule has 0 saturated carbocycles. The molecule has 0 saturated heterocycles. The zero-order valence-corrected chi connectivity index (χ0v) is 9.90. The summed E-state index contributed by atoms with van der Waals surface area (Å²) in [5.74, 6) is 0.381. The van der Waals surface area contributed by atoms with Crippen LogP contribution in [0.25, 0.3) is 0 Å². The molecule has 0 amide bonds. The van der Waals surface area contributed by atoms with Gasteiger partial charge in [0, 0.05) is 4.88 Å². The van der Waals surface area contributed by atoms with E-state index in [0.717, 1.165) is 12.8 Å². The number of thiophene rings is 1. The Morgan fingerprint density at radius 2 is 2.29 bits per heavy atom. The van der Waals surface area contributed by atoms with Gasteiger partial charge in [-0.3, -0.25) is 0 Å². The maximum Gasteiger partial charge on any atom is 0.0937 e. The predicted octanol–water partition coefficient (Wildman–Crippen LogP) is 3.97. The lowest BCUT2D eigenvalue weighted by molar-refractivity contribution is 0.372. The van der Waals surface area contributed by atoms with Gasteiger partial charge < -0.3 is 0 Å². The summed E-state index contributed by atoms with van der Waals surface area (Å²) in [4.78, 5) is 1.22. The van der Waals surface area contributed by atoms with Gasteiger partial charge in [-0.2, -0.15) is 5.26 Å². The minimum atomic E-state index is -0.261. The zero-order chi connectivity index (χ0) is 10.6. The monoisotopic (exact) mass is 207 g/mol. The largest absolute Gasteiger partial charge is 0.197 e. The molecule has 1 aromatic heterocycles. The van der Waals surface area contributed by atoms with Crippen LogP contribution in [-0.4, -0.2) is 0 Å². The van der Waals surface area contributed by atoms with E-state index in [1.54, 1.807) is 11.3 Å². The van der Waals surface area contributed by atoms with Crippen molar-refractivity contribution in [3.05, 3.63) is 22.4 Å². The Kier molecular flexibility index (Phi) is 3.71. The van der Waals surface area contributed by atoms with Gasteiger partial charge in [0.1, 0.15) is 0 Å². The van der Waals surface area contributed by atoms with E-state index in [4.69, 9.17) is 0 Å². The molecule has 14 heavy (non-hydrogen) atoms. The summed E-state index contributed by atoms with van der Waals surface area (Å²) < 4.78 is 0. The average molecular weight is 207 g/mol. The number of hydrogen-bond donors (Lipinski definition) is 0. The fourth-order valence-electron chi connectivity index (χ4n) is 1.86. The maximum atomic E-state index is 9.41. The third-order valence-electron chi connectivity index (χ3n) is 2.79. The van der Waals surface area contributed by atoms with Gasteiger partial charge in [0.15, 0.2) is 0 Å². The van der Waals surface area contributed by atoms with Crippen LogP contribution < -0.4 is 0 Å². The molecule has 0 aromatic carbocycles. The molecular weight excluding hydrogens is 190 g/mol. The smallest absolute Gasteiger partial charge is 0.0937 e. The highest BCUT2D eigenvalue weighted by Crippen LogP contribution is 2.38. The van der Waals surface area contributed by atoms with Crippen molar-refractivity contribution in [3.8, 4) is 6.07 Å². The molecule has 1 unspecified atom stereocenters. The summed E-state index contributed by atoms with van der Waals surface area (Å²) >= 11 is 1.70. The fraction of sp³-hybridized carbons (Fsp3) is 0.583. The van der Waals surface area contributed by atoms with E-state index in [2.05, 4.69) is 38.3 Å². The Labute approximate surface area is 90.4 Å². The van der Waals surface area contributed by atoms with Crippen LogP contribution in [-0.2, 0) is 5.41 Å². The van der Waals surface area contributed by atoms with Crippen LogP contribution in [0.15, 0.2) is 17.5 Å². The van der Waals surface area contributed by atoms with Gasteiger partial charge in [0.25, 0.3) is 0 Å². The van der Waals surface area contributed by atoms with Crippen molar-refractivity contribution in [2.45, 2.75) is 39.0 Å². The van der Waals surface area contributed by atoms with Crippen molar-refractivity contribution in [3.63, 3.8) is 0 Å². The summed E-state index contributed by atoms with van der Waals surface area (Å²) in [6.07, 6.45) is 2.02. The predicted molar refractivity (Wildman–Crippen MR) is 61.4 cm³/mol. The molecule has 0 N–H and O–H groups in total. The van der Waals surface area contributed by atoms with Crippen LogP contribution in [0.5, 0.6) is 0 Å². The van der Waals surface area contributed by atoms with Gasteiger partial charge in [0.05, 0.1) is 11.5 Å². The van der Waals surface area contributed by atoms with E-state index in [0.29, 0.717) is 5.92 Å². The number of hydrogen-bond acceptors (Lipinski definition) is 2. The van der Waals surface area contributed by atoms with Gasteiger partial charge in [-0.25, -0.2) is 0 Å². The Morgan fingerprint density at radius 1 is 1.57 bits per heavy atom. The molecule has 1 aromatic rings. The molecule has 0 aliphatic heterocycles. The second-order valence-corrected chi connectivity index (χ2v) is 4.91. The Hall–Kier alpha value is -0.810. The first-order chi connectivity index (χ1) is 6.67. The normalized spacial score (nSPS) is 15.1. The molecule has 0 bridgehead atoms. The average Bonchev–Trinajstić information content (AvgIpc) is 2.66. The molecule has 1 atom stereocenters. The van der Waals surface area contributed by atoms with Crippen molar-refractivity contribution >= 4 is 11.3 Å². The van der Waals surface area contributed by atoms with E-state index in [1.807, 2.05) is 6.07 Å². The third kappa shape index (κ3) is 1.83. The molecule has 0 radical (unpaired) electrons. The Balaban J connectivity index is 3.09. The molecule has 0 aliphatic carbocycles. The highest BCUT2D eigenvalue weighted by molar-refractivity contribution is 7.10. The quantitative estimate of drug-likeness (QED) is 0.733. The van der Waals surface area contributed by atoms with Gasteiger partial charge in [-0.05, 0) is 23.8 Å². The Bertz CT molecular complexity index is 308. The van der Waals surface area contributed by atoms with Gasteiger partial charge >= 0.3 is 0 Å². The second-order valence-electron chi connectivity index (χ2n) is 3.97. The van der Waals surface area contributed by atoms with Crippen molar-refractivity contribution in [1.82, 2.24) is 0 Å². The number of nitrogens with zero attached hydrogens (tertiary/aromatic N) is 1. The van der Waals surface area contributed by atoms with Gasteiger partial charge in [-0.15, -0.1) is 11.3 Å². The summed E-state index contributed by atoms with van der Waals surface area (Å²) in [7, 11) is 0. The SMILES string of the molecule is CCCC(C#N)(c1cccs1)C(C)C. The molecule has 0 spiro atoms. The number of rotatable bonds is 4. The number of nitriles is 1. The molecule has 1 rings (SSSR count). The second kappa shape index (κ2) is 4.61. The van der Waals surface area contributed by atoms with Crippen molar-refractivity contribution in [2.75, 3.05) is 0 Å². The Morgan fingerprint density at radius 3 is 2.64 bits per heavy atom. The van der Waals surface area contributed by atoms with E-state index in [9.17, 15) is 5.26 Å². The van der Waals surface area contributed by atoms with E-state index >= 15 is 0 Å². The first-order valence-corrected chi connectivity index (χ1v) is 6.00. The molecule has 1 nitrogen and oxygen atoms in total. The van der Waals surface area contributed by atoms with E-state index < -0.39 is 0 Å². The van der Waals surface area contributed by atoms with Gasteiger partial charge in [0.2, 0.25) is 0 Å². The summed E-state index contributed by atoms with van der Waals surface area (Å²) in [6, 6.07) is 6.65. The first-order valence-electron chi connectivity index (χ1n) is 5.12. The topological polar surface area (TPSA) is 23.8 Å². The minimum absolute atomic E-state index is 0.261. The van der Waals surface area contributed by atoms with Crippen molar-refractivity contribution in [2.24, 2.45) is 5.92 Å². The van der Waals surface area contributed by atoms with Crippen LogP contribution >= 0.6 is 11.3 Å². The third-order valence-corrected chi connectivity index (χ3v) is 3.84. The molecule has 0 fully saturated rings. The van der Waals surface area contributed by atoms with Crippen LogP contribution in [0.1, 0.15) is 38.5 Å². The zero-order valence-electron chi connectivity index (χ0n) is 9.08. The summed E-state index contributed by atoms with van der Waals surface area (Å²) in [6.45, 7) is 6.42. The van der Waals surface area contributed by atoms with Crippen LogP contribution in [0.4, 0.5) is 0 Å². The molecule has 1 heterocycles. The van der Waals surface area contributed by atoms with Gasteiger partial charge in [-0.1, -0.05) is 33.3 Å². The fourth-order valence-corrected chi connectivity index (χ4v) is 2.92. The molecule has 76 valence electrons. The summed E-state index contributed by atoms with van der Waals surface area (Å²) in [5, 5.41) is 11.5. The minimum Gasteiger partial charge on any atom is -0.197 e. The molecule has 2 heteroatoms. The van der Waals surface area contributed by atoms with Crippen LogP contribution in [0, 0.1) is 17.2 Å². The first kappa shape index (κ1) is 11.3. The summed E-state index contributed by atoms with van der Waals surface area (Å²) in [5.41, 5.74) is -0.261. The molecule has 0 aliphatic rings. The standard InChI is InChI=1S/C12H17NS/c1-4-7-12(9-13,10(2)3)11-6-5-8-14-11/h5-6,8,10H,4,7H2,1-3H3. The van der Waals surface area contributed by atoms with E-state index in [1.165, 1.54) is 4.88 Å². The molecular formula is C12H17NS. The van der Waals surface area contributed by atoms with Crippen molar-refractivity contribution < 1.29 is 0 Å².